The molecule has 0 atom stereocenters. The third-order valence-corrected chi connectivity index (χ3v) is 2.17. The van der Waals surface area contributed by atoms with Crippen LogP contribution in [-0.4, -0.2) is 15.0 Å². The van der Waals surface area contributed by atoms with Gasteiger partial charge in [-0.05, 0) is 12.1 Å². The molecule has 0 spiro atoms. The van der Waals surface area contributed by atoms with Gasteiger partial charge in [-0.15, -0.1) is 5.10 Å². The molecule has 1 aromatic carbocycles. The van der Waals surface area contributed by atoms with Crippen LogP contribution in [-0.2, 0) is 13.7 Å². The lowest BCUT2D eigenvalue weighted by Gasteiger charge is -2.05. The lowest BCUT2D eigenvalue weighted by molar-refractivity contribution is 0.294. The van der Waals surface area contributed by atoms with Crippen LogP contribution in [0.5, 0.6) is 5.75 Å². The number of para-hydroxylation sites is 1. The number of benzene rings is 1. The molecule has 0 saturated carbocycles. The first-order valence-corrected chi connectivity index (χ1v) is 4.78. The Morgan fingerprint density at radius 3 is 2.81 bits per heavy atom. The van der Waals surface area contributed by atoms with Crippen LogP contribution in [0.15, 0.2) is 30.3 Å². The molecule has 0 bridgehead atoms. The normalized spacial score (nSPS) is 9.75. The highest BCUT2D eigenvalue weighted by Gasteiger charge is 2.10. The van der Waals surface area contributed by atoms with Crippen LogP contribution in [0.25, 0.3) is 0 Å². The number of hydrogen-bond donors (Lipinski definition) is 0. The van der Waals surface area contributed by atoms with Crippen molar-refractivity contribution in [3.63, 3.8) is 0 Å². The van der Waals surface area contributed by atoms with Crippen LogP contribution in [0, 0.1) is 11.3 Å². The largest absolute Gasteiger partial charge is 0.487 e. The molecule has 0 aliphatic carbocycles. The lowest BCUT2D eigenvalue weighted by atomic mass is 10.3. The van der Waals surface area contributed by atoms with Gasteiger partial charge in [-0.25, -0.2) is 4.68 Å². The van der Waals surface area contributed by atoms with Gasteiger partial charge in [-0.3, -0.25) is 0 Å². The Kier molecular flexibility index (Phi) is 2.83. The summed E-state index contributed by atoms with van der Waals surface area (Å²) in [5.74, 6) is 0.757. The van der Waals surface area contributed by atoms with Crippen LogP contribution >= 0.6 is 0 Å². The van der Waals surface area contributed by atoms with Crippen molar-refractivity contribution in [2.24, 2.45) is 7.05 Å². The van der Waals surface area contributed by atoms with Gasteiger partial charge in [0.15, 0.2) is 5.69 Å². The molecule has 2 rings (SSSR count). The summed E-state index contributed by atoms with van der Waals surface area (Å²) in [6.45, 7) is 0.288. The van der Waals surface area contributed by atoms with Crippen LogP contribution < -0.4 is 4.74 Å². The topological polar surface area (TPSA) is 63.7 Å². The number of nitriles is 1. The van der Waals surface area contributed by atoms with Crippen molar-refractivity contribution in [2.45, 2.75) is 6.61 Å². The van der Waals surface area contributed by atoms with E-state index in [0.29, 0.717) is 11.4 Å². The third-order valence-electron chi connectivity index (χ3n) is 2.17. The molecule has 0 amide bonds. The lowest BCUT2D eigenvalue weighted by Crippen LogP contribution is -2.04. The van der Waals surface area contributed by atoms with Crippen molar-refractivity contribution in [3.05, 3.63) is 41.7 Å². The molecule has 0 N–H and O–H groups in total. The van der Waals surface area contributed by atoms with E-state index in [1.54, 1.807) is 11.7 Å². The fourth-order valence-corrected chi connectivity index (χ4v) is 1.29. The summed E-state index contributed by atoms with van der Waals surface area (Å²) in [5, 5.41) is 16.3. The predicted molar refractivity (Wildman–Crippen MR) is 56.5 cm³/mol. The molecule has 5 heteroatoms. The van der Waals surface area contributed by atoms with Gasteiger partial charge < -0.3 is 4.74 Å². The minimum absolute atomic E-state index is 0.288. The number of aromatic nitrogens is 3. The smallest absolute Gasteiger partial charge is 0.189 e. The SMILES string of the molecule is Cn1nnc(C#N)c1COc1ccccc1. The minimum atomic E-state index is 0.288. The predicted octanol–water partition coefficient (Wildman–Crippen LogP) is 1.27. The van der Waals surface area contributed by atoms with Gasteiger partial charge in [0.1, 0.15) is 24.1 Å². The Bertz CT molecular complexity index is 513. The molecule has 2 aromatic rings. The van der Waals surface area contributed by atoms with Crippen LogP contribution in [0.2, 0.25) is 0 Å². The summed E-state index contributed by atoms with van der Waals surface area (Å²) >= 11 is 0. The van der Waals surface area contributed by atoms with Gasteiger partial charge in [0.2, 0.25) is 0 Å². The first-order chi connectivity index (χ1) is 7.81. The van der Waals surface area contributed by atoms with E-state index in [0.717, 1.165) is 5.75 Å². The summed E-state index contributed by atoms with van der Waals surface area (Å²) in [6.07, 6.45) is 0. The molecule has 16 heavy (non-hydrogen) atoms. The molecule has 80 valence electrons. The van der Waals surface area contributed by atoms with Gasteiger partial charge in [0.25, 0.3) is 0 Å². The van der Waals surface area contributed by atoms with Gasteiger partial charge in [-0.1, -0.05) is 23.4 Å². The Labute approximate surface area is 92.9 Å². The zero-order valence-corrected chi connectivity index (χ0v) is 8.79. The molecule has 1 aromatic heterocycles. The third kappa shape index (κ3) is 2.01. The molecule has 1 heterocycles. The van der Waals surface area contributed by atoms with Gasteiger partial charge in [0, 0.05) is 7.05 Å². The van der Waals surface area contributed by atoms with Gasteiger partial charge >= 0.3 is 0 Å². The van der Waals surface area contributed by atoms with Gasteiger partial charge in [-0.2, -0.15) is 5.26 Å². The summed E-state index contributed by atoms with van der Waals surface area (Å²) in [6, 6.07) is 11.4. The first kappa shape index (κ1) is 10.2. The highest BCUT2D eigenvalue weighted by Crippen LogP contribution is 2.12. The second-order valence-corrected chi connectivity index (χ2v) is 3.22. The average molecular weight is 214 g/mol. The van der Waals surface area contributed by atoms with Crippen molar-refractivity contribution in [1.29, 1.82) is 5.26 Å². The number of hydrogen-bond acceptors (Lipinski definition) is 4. The monoisotopic (exact) mass is 214 g/mol. The van der Waals surface area contributed by atoms with E-state index in [1.807, 2.05) is 36.4 Å². The van der Waals surface area contributed by atoms with Gasteiger partial charge in [0.05, 0.1) is 0 Å². The minimum Gasteiger partial charge on any atom is -0.487 e. The van der Waals surface area contributed by atoms with Crippen molar-refractivity contribution in [3.8, 4) is 11.8 Å². The molecule has 0 radical (unpaired) electrons. The summed E-state index contributed by atoms with van der Waals surface area (Å²) in [4.78, 5) is 0. The van der Waals surface area contributed by atoms with E-state index in [4.69, 9.17) is 10.00 Å². The van der Waals surface area contributed by atoms with Crippen molar-refractivity contribution in [1.82, 2.24) is 15.0 Å². The summed E-state index contributed by atoms with van der Waals surface area (Å²) < 4.78 is 7.06. The molecular formula is C11H10N4O. The maximum Gasteiger partial charge on any atom is 0.189 e. The average Bonchev–Trinajstić information content (AvgIpc) is 2.69. The Morgan fingerprint density at radius 2 is 2.12 bits per heavy atom. The summed E-state index contributed by atoms with van der Waals surface area (Å²) in [5.41, 5.74) is 0.977. The van der Waals surface area contributed by atoms with Crippen molar-refractivity contribution < 1.29 is 4.74 Å². The Hall–Kier alpha value is -2.35. The standard InChI is InChI=1S/C11H10N4O/c1-15-11(10(7-12)13-14-15)8-16-9-5-3-2-4-6-9/h2-6H,8H2,1H3. The van der Waals surface area contributed by atoms with Crippen LogP contribution in [0.4, 0.5) is 0 Å². The summed E-state index contributed by atoms with van der Waals surface area (Å²) in [7, 11) is 1.73. The molecule has 0 saturated heterocycles. The first-order valence-electron chi connectivity index (χ1n) is 4.78. The van der Waals surface area contributed by atoms with E-state index in [9.17, 15) is 0 Å². The zero-order chi connectivity index (χ0) is 11.4. The fourth-order valence-electron chi connectivity index (χ4n) is 1.29. The molecule has 5 nitrogen and oxygen atoms in total. The second kappa shape index (κ2) is 4.45. The van der Waals surface area contributed by atoms with E-state index in [2.05, 4.69) is 10.3 Å². The maximum atomic E-state index is 8.81. The quantitative estimate of drug-likeness (QED) is 0.771. The fraction of sp³-hybridized carbons (Fsp3) is 0.182. The number of ether oxygens (including phenoxy) is 1. The number of aryl methyl sites for hydroxylation is 1. The Morgan fingerprint density at radius 1 is 1.38 bits per heavy atom. The molecule has 0 aliphatic rings. The molecule has 0 aliphatic heterocycles. The maximum absolute atomic E-state index is 8.81. The second-order valence-electron chi connectivity index (χ2n) is 3.22. The Balaban J connectivity index is 2.11. The van der Waals surface area contributed by atoms with Crippen molar-refractivity contribution >= 4 is 0 Å². The van der Waals surface area contributed by atoms with Crippen LogP contribution in [0.1, 0.15) is 11.4 Å². The highest BCUT2D eigenvalue weighted by atomic mass is 16.5. The van der Waals surface area contributed by atoms with Crippen LogP contribution in [0.3, 0.4) is 0 Å². The van der Waals surface area contributed by atoms with E-state index in [1.165, 1.54) is 0 Å². The molecule has 0 unspecified atom stereocenters. The highest BCUT2D eigenvalue weighted by molar-refractivity contribution is 5.25. The molecular weight excluding hydrogens is 204 g/mol. The van der Waals surface area contributed by atoms with E-state index < -0.39 is 0 Å². The zero-order valence-electron chi connectivity index (χ0n) is 8.79. The van der Waals surface area contributed by atoms with E-state index >= 15 is 0 Å². The number of rotatable bonds is 3. The van der Waals surface area contributed by atoms with Crippen molar-refractivity contribution in [2.75, 3.05) is 0 Å². The molecule has 0 fully saturated rings. The van der Waals surface area contributed by atoms with E-state index in [-0.39, 0.29) is 6.61 Å². The number of nitrogens with zero attached hydrogens (tertiary/aromatic N) is 4.